The molecule has 4 atom stereocenters. The Balaban J connectivity index is 1.33. The standard InChI is InChI=1S/C28H22F2N6O/c1-15(10-31)8-16-13-37-25(33-16)21-11-32-12-22(34-21)28-7-6-27(14-26(27,28)2)17-9-20(35-36-24(17)28)23-18(29)4-3-5-19(23)30/h3-5,9,11-13,15H,6-8,14H2,1-2H3/t15-,26?,27?,28-/m0/s1. The summed E-state index contributed by atoms with van der Waals surface area (Å²) >= 11 is 0. The molecule has 3 aliphatic rings. The minimum atomic E-state index is -0.656. The van der Waals surface area contributed by atoms with Crippen LogP contribution in [0.5, 0.6) is 0 Å². The topological polar surface area (TPSA) is 101 Å². The van der Waals surface area contributed by atoms with Crippen LogP contribution in [0.2, 0.25) is 0 Å². The summed E-state index contributed by atoms with van der Waals surface area (Å²) in [5.41, 5.74) is 3.09. The van der Waals surface area contributed by atoms with Crippen LogP contribution in [0.25, 0.3) is 22.8 Å². The first-order chi connectivity index (χ1) is 17.8. The number of halogens is 2. The van der Waals surface area contributed by atoms with E-state index in [4.69, 9.17) is 14.7 Å². The molecule has 37 heavy (non-hydrogen) atoms. The number of nitriles is 1. The van der Waals surface area contributed by atoms with E-state index in [0.29, 0.717) is 23.7 Å². The van der Waals surface area contributed by atoms with Gasteiger partial charge in [-0.3, -0.25) is 4.98 Å². The van der Waals surface area contributed by atoms with Crippen LogP contribution in [0.3, 0.4) is 0 Å². The van der Waals surface area contributed by atoms with Gasteiger partial charge < -0.3 is 4.42 Å². The van der Waals surface area contributed by atoms with E-state index in [2.05, 4.69) is 33.2 Å². The second-order valence-electron chi connectivity index (χ2n) is 10.8. The minimum Gasteiger partial charge on any atom is -0.443 e. The molecule has 2 bridgehead atoms. The summed E-state index contributed by atoms with van der Waals surface area (Å²) in [7, 11) is 0. The summed E-state index contributed by atoms with van der Waals surface area (Å²) in [5, 5.41) is 18.0. The predicted octanol–water partition coefficient (Wildman–Crippen LogP) is 5.31. The molecule has 3 heterocycles. The molecule has 0 saturated heterocycles. The third-order valence-corrected chi connectivity index (χ3v) is 8.97. The number of fused-ring (bicyclic) bond motifs is 2. The van der Waals surface area contributed by atoms with E-state index < -0.39 is 17.0 Å². The van der Waals surface area contributed by atoms with Gasteiger partial charge in [-0.1, -0.05) is 13.0 Å². The fraction of sp³-hybridized carbons (Fsp3) is 0.357. The lowest BCUT2D eigenvalue weighted by Gasteiger charge is -2.35. The fourth-order valence-corrected chi connectivity index (χ4v) is 7.09. The molecule has 7 nitrogen and oxygen atoms in total. The average Bonchev–Trinajstić information content (AvgIpc) is 3.16. The zero-order chi connectivity index (χ0) is 25.6. The van der Waals surface area contributed by atoms with E-state index in [1.54, 1.807) is 18.7 Å². The van der Waals surface area contributed by atoms with Crippen LogP contribution in [-0.2, 0) is 17.3 Å². The Labute approximate surface area is 211 Å². The Morgan fingerprint density at radius 2 is 1.92 bits per heavy atom. The number of hydrogen-bond donors (Lipinski definition) is 0. The maximum Gasteiger partial charge on any atom is 0.246 e. The molecular formula is C28H22F2N6O. The number of rotatable bonds is 5. The molecule has 1 aromatic carbocycles. The number of benzene rings is 1. The summed E-state index contributed by atoms with van der Waals surface area (Å²) in [6.45, 7) is 4.08. The third-order valence-electron chi connectivity index (χ3n) is 8.97. The van der Waals surface area contributed by atoms with Gasteiger partial charge in [0, 0.05) is 24.0 Å². The first-order valence-corrected chi connectivity index (χ1v) is 12.3. The van der Waals surface area contributed by atoms with Gasteiger partial charge in [0.1, 0.15) is 23.6 Å². The highest BCUT2D eigenvalue weighted by Gasteiger charge is 2.84. The summed E-state index contributed by atoms with van der Waals surface area (Å²) in [6.07, 6.45) is 8.15. The molecule has 3 aliphatic carbocycles. The van der Waals surface area contributed by atoms with E-state index >= 15 is 0 Å². The Morgan fingerprint density at radius 1 is 1.11 bits per heavy atom. The Bertz CT molecular complexity index is 1620. The van der Waals surface area contributed by atoms with E-state index in [1.165, 1.54) is 18.2 Å². The predicted molar refractivity (Wildman–Crippen MR) is 128 cm³/mol. The molecule has 9 heteroatoms. The van der Waals surface area contributed by atoms with Crippen molar-refractivity contribution in [2.45, 2.75) is 50.4 Å². The van der Waals surface area contributed by atoms with Crippen LogP contribution in [0.4, 0.5) is 8.78 Å². The van der Waals surface area contributed by atoms with Crippen LogP contribution in [-0.4, -0.2) is 25.1 Å². The van der Waals surface area contributed by atoms with Crippen molar-refractivity contribution in [3.63, 3.8) is 0 Å². The van der Waals surface area contributed by atoms with Gasteiger partial charge in [0.15, 0.2) is 0 Å². The van der Waals surface area contributed by atoms with Gasteiger partial charge in [-0.2, -0.15) is 10.4 Å². The minimum absolute atomic E-state index is 0.115. The number of oxazole rings is 1. The van der Waals surface area contributed by atoms with E-state index in [9.17, 15) is 8.78 Å². The molecule has 2 unspecified atom stereocenters. The first kappa shape index (κ1) is 22.2. The largest absolute Gasteiger partial charge is 0.443 e. The molecule has 0 radical (unpaired) electrons. The molecule has 7 rings (SSSR count). The van der Waals surface area contributed by atoms with Crippen molar-refractivity contribution >= 4 is 0 Å². The molecule has 4 aromatic rings. The molecule has 0 spiro atoms. The van der Waals surface area contributed by atoms with E-state index in [-0.39, 0.29) is 28.0 Å². The van der Waals surface area contributed by atoms with E-state index in [1.807, 2.05) is 13.0 Å². The number of hydrogen-bond acceptors (Lipinski definition) is 7. The van der Waals surface area contributed by atoms with Crippen molar-refractivity contribution in [1.29, 1.82) is 5.26 Å². The van der Waals surface area contributed by atoms with Crippen molar-refractivity contribution in [3.05, 3.63) is 77.2 Å². The molecule has 2 saturated carbocycles. The van der Waals surface area contributed by atoms with Crippen molar-refractivity contribution in [1.82, 2.24) is 25.1 Å². The van der Waals surface area contributed by atoms with Gasteiger partial charge in [0.05, 0.1) is 46.0 Å². The monoisotopic (exact) mass is 496 g/mol. The highest BCUT2D eigenvalue weighted by molar-refractivity contribution is 5.68. The van der Waals surface area contributed by atoms with Crippen LogP contribution in [0, 0.1) is 34.3 Å². The lowest BCUT2D eigenvalue weighted by Crippen LogP contribution is -2.35. The fourth-order valence-electron chi connectivity index (χ4n) is 7.09. The molecular weight excluding hydrogens is 474 g/mol. The van der Waals surface area contributed by atoms with Crippen LogP contribution in [0.15, 0.2) is 47.3 Å². The summed E-state index contributed by atoms with van der Waals surface area (Å²) < 4.78 is 34.8. The zero-order valence-electron chi connectivity index (χ0n) is 20.3. The third kappa shape index (κ3) is 2.70. The number of nitrogens with zero attached hydrogens (tertiary/aromatic N) is 6. The smallest absolute Gasteiger partial charge is 0.246 e. The van der Waals surface area contributed by atoms with Gasteiger partial charge in [-0.15, -0.1) is 5.10 Å². The SMILES string of the molecule is C[C@H](C#N)Cc1coc(-c2cncc([C@]34CCC5(CC53C)c3cc(-c5c(F)cccc5F)nnc34)n2)n1. The molecule has 0 N–H and O–H groups in total. The maximum absolute atomic E-state index is 14.5. The average molecular weight is 497 g/mol. The van der Waals surface area contributed by atoms with Gasteiger partial charge >= 0.3 is 0 Å². The number of aromatic nitrogens is 5. The molecule has 2 fully saturated rings. The van der Waals surface area contributed by atoms with Gasteiger partial charge in [-0.05, 0) is 55.4 Å². The van der Waals surface area contributed by atoms with Crippen LogP contribution < -0.4 is 0 Å². The van der Waals surface area contributed by atoms with Crippen LogP contribution in [0.1, 0.15) is 55.8 Å². The Morgan fingerprint density at radius 3 is 2.68 bits per heavy atom. The first-order valence-electron chi connectivity index (χ1n) is 12.3. The van der Waals surface area contributed by atoms with Crippen molar-refractivity contribution in [2.24, 2.45) is 11.3 Å². The van der Waals surface area contributed by atoms with Crippen LogP contribution >= 0.6 is 0 Å². The normalized spacial score (nSPS) is 27.4. The lowest BCUT2D eigenvalue weighted by atomic mass is 9.69. The van der Waals surface area contributed by atoms with Gasteiger partial charge in [0.25, 0.3) is 0 Å². The second-order valence-corrected chi connectivity index (χ2v) is 10.8. The molecule has 3 aromatic heterocycles. The second kappa shape index (κ2) is 7.25. The molecule has 0 aliphatic heterocycles. The molecule has 0 amide bonds. The Hall–Kier alpha value is -4.06. The van der Waals surface area contributed by atoms with Crippen molar-refractivity contribution in [2.75, 3.05) is 0 Å². The van der Waals surface area contributed by atoms with Gasteiger partial charge in [0.2, 0.25) is 5.89 Å². The summed E-state index contributed by atoms with van der Waals surface area (Å²) in [5.74, 6) is -1.13. The maximum atomic E-state index is 14.5. The highest BCUT2D eigenvalue weighted by atomic mass is 19.1. The molecule has 184 valence electrons. The summed E-state index contributed by atoms with van der Waals surface area (Å²) in [4.78, 5) is 14.0. The van der Waals surface area contributed by atoms with E-state index in [0.717, 1.165) is 36.2 Å². The Kier molecular flexibility index (Phi) is 4.34. The summed E-state index contributed by atoms with van der Waals surface area (Å²) in [6, 6.07) is 7.84. The highest BCUT2D eigenvalue weighted by Crippen LogP contribution is 2.86. The van der Waals surface area contributed by atoms with Gasteiger partial charge in [-0.25, -0.2) is 18.7 Å². The zero-order valence-corrected chi connectivity index (χ0v) is 20.3. The van der Waals surface area contributed by atoms with Crippen molar-refractivity contribution in [3.8, 4) is 28.9 Å². The van der Waals surface area contributed by atoms with Crippen molar-refractivity contribution < 1.29 is 13.2 Å². The lowest BCUT2D eigenvalue weighted by molar-refractivity contribution is 0.333. The quantitative estimate of drug-likeness (QED) is 0.369.